The summed E-state index contributed by atoms with van der Waals surface area (Å²) in [5.74, 6) is 0. The number of hydrogen-bond donors (Lipinski definition) is 2. The number of aromatic nitrogens is 4. The van der Waals surface area contributed by atoms with Gasteiger partial charge in [-0.2, -0.15) is 5.10 Å². The molecule has 2 N–H and O–H groups in total. The van der Waals surface area contributed by atoms with Gasteiger partial charge < -0.3 is 5.32 Å². The standard InChI is InChI=1S/C10H13N5/c1-7-10(8(2)15-14-7)13-5-9-3-11-6-12-4-9/h3-4,6,13H,5H2,1-2H3,(H,14,15). The number of hydrogen-bond acceptors (Lipinski definition) is 4. The zero-order valence-corrected chi connectivity index (χ0v) is 8.78. The number of aromatic amines is 1. The molecule has 0 saturated heterocycles. The molecular weight excluding hydrogens is 190 g/mol. The van der Waals surface area contributed by atoms with Gasteiger partial charge in [-0.3, -0.25) is 5.10 Å². The first kappa shape index (κ1) is 9.64. The van der Waals surface area contributed by atoms with Crippen molar-refractivity contribution >= 4 is 5.69 Å². The summed E-state index contributed by atoms with van der Waals surface area (Å²) in [6.45, 7) is 4.67. The third-order valence-electron chi connectivity index (χ3n) is 2.21. The Hall–Kier alpha value is -1.91. The van der Waals surface area contributed by atoms with Crippen molar-refractivity contribution in [2.75, 3.05) is 5.32 Å². The second kappa shape index (κ2) is 4.08. The molecule has 0 saturated carbocycles. The number of nitrogens with one attached hydrogen (secondary N) is 2. The van der Waals surface area contributed by atoms with E-state index in [0.29, 0.717) is 6.54 Å². The lowest BCUT2D eigenvalue weighted by Crippen LogP contribution is -2.01. The van der Waals surface area contributed by atoms with Gasteiger partial charge in [-0.25, -0.2) is 9.97 Å². The first-order valence-electron chi connectivity index (χ1n) is 4.76. The molecule has 2 heterocycles. The molecule has 0 fully saturated rings. The summed E-state index contributed by atoms with van der Waals surface area (Å²) in [4.78, 5) is 7.91. The fourth-order valence-electron chi connectivity index (χ4n) is 1.42. The monoisotopic (exact) mass is 203 g/mol. The highest BCUT2D eigenvalue weighted by atomic mass is 15.1. The van der Waals surface area contributed by atoms with Crippen molar-refractivity contribution in [2.45, 2.75) is 20.4 Å². The van der Waals surface area contributed by atoms with E-state index in [1.165, 1.54) is 6.33 Å². The normalized spacial score (nSPS) is 10.3. The van der Waals surface area contributed by atoms with Gasteiger partial charge in [-0.05, 0) is 13.8 Å². The third kappa shape index (κ3) is 2.12. The van der Waals surface area contributed by atoms with Crippen molar-refractivity contribution in [3.8, 4) is 0 Å². The van der Waals surface area contributed by atoms with Gasteiger partial charge in [0.15, 0.2) is 0 Å². The van der Waals surface area contributed by atoms with Crippen LogP contribution in [-0.4, -0.2) is 20.2 Å². The summed E-state index contributed by atoms with van der Waals surface area (Å²) >= 11 is 0. The van der Waals surface area contributed by atoms with Gasteiger partial charge in [0, 0.05) is 24.5 Å². The summed E-state index contributed by atoms with van der Waals surface area (Å²) in [5.41, 5.74) is 4.13. The van der Waals surface area contributed by atoms with Gasteiger partial charge in [0.1, 0.15) is 6.33 Å². The molecule has 0 unspecified atom stereocenters. The molecule has 5 nitrogen and oxygen atoms in total. The molecule has 0 bridgehead atoms. The topological polar surface area (TPSA) is 66.5 Å². The van der Waals surface area contributed by atoms with E-state index < -0.39 is 0 Å². The van der Waals surface area contributed by atoms with Crippen LogP contribution in [0.1, 0.15) is 17.0 Å². The Bertz CT molecular complexity index is 415. The van der Waals surface area contributed by atoms with Gasteiger partial charge in [0.05, 0.1) is 17.1 Å². The lowest BCUT2D eigenvalue weighted by molar-refractivity contribution is 1.02. The molecule has 0 atom stereocenters. The van der Waals surface area contributed by atoms with Crippen LogP contribution in [0.4, 0.5) is 5.69 Å². The third-order valence-corrected chi connectivity index (χ3v) is 2.21. The molecular formula is C10H13N5. The van der Waals surface area contributed by atoms with Crippen molar-refractivity contribution in [2.24, 2.45) is 0 Å². The maximum atomic E-state index is 4.11. The molecule has 0 aliphatic carbocycles. The Labute approximate surface area is 88.0 Å². The first-order chi connectivity index (χ1) is 7.27. The average Bonchev–Trinajstić information content (AvgIpc) is 2.58. The second-order valence-electron chi connectivity index (χ2n) is 3.41. The number of H-pyrrole nitrogens is 1. The SMILES string of the molecule is Cc1n[nH]c(C)c1NCc1cncnc1. The van der Waals surface area contributed by atoms with Crippen LogP contribution >= 0.6 is 0 Å². The lowest BCUT2D eigenvalue weighted by atomic mass is 10.3. The summed E-state index contributed by atoms with van der Waals surface area (Å²) in [6, 6.07) is 0. The van der Waals surface area contributed by atoms with E-state index in [0.717, 1.165) is 22.6 Å². The van der Waals surface area contributed by atoms with Crippen LogP contribution in [0.3, 0.4) is 0 Å². The second-order valence-corrected chi connectivity index (χ2v) is 3.41. The highest BCUT2D eigenvalue weighted by Crippen LogP contribution is 2.16. The fraction of sp³-hybridized carbons (Fsp3) is 0.300. The number of anilines is 1. The van der Waals surface area contributed by atoms with E-state index in [2.05, 4.69) is 25.5 Å². The predicted octanol–water partition coefficient (Wildman–Crippen LogP) is 1.43. The molecule has 0 radical (unpaired) electrons. The minimum atomic E-state index is 0.710. The Morgan fingerprint density at radius 1 is 1.27 bits per heavy atom. The zero-order valence-electron chi connectivity index (χ0n) is 8.78. The Morgan fingerprint density at radius 3 is 2.60 bits per heavy atom. The van der Waals surface area contributed by atoms with Gasteiger partial charge in [-0.1, -0.05) is 0 Å². The van der Waals surface area contributed by atoms with Crippen LogP contribution in [0.25, 0.3) is 0 Å². The smallest absolute Gasteiger partial charge is 0.115 e. The van der Waals surface area contributed by atoms with Gasteiger partial charge in [-0.15, -0.1) is 0 Å². The maximum absolute atomic E-state index is 4.11. The number of rotatable bonds is 3. The van der Waals surface area contributed by atoms with E-state index in [4.69, 9.17) is 0 Å². The van der Waals surface area contributed by atoms with Crippen molar-refractivity contribution in [3.05, 3.63) is 35.7 Å². The highest BCUT2D eigenvalue weighted by molar-refractivity contribution is 5.51. The van der Waals surface area contributed by atoms with E-state index in [-0.39, 0.29) is 0 Å². The summed E-state index contributed by atoms with van der Waals surface area (Å²) < 4.78 is 0. The molecule has 15 heavy (non-hydrogen) atoms. The van der Waals surface area contributed by atoms with Crippen LogP contribution < -0.4 is 5.32 Å². The van der Waals surface area contributed by atoms with Gasteiger partial charge >= 0.3 is 0 Å². The molecule has 0 aliphatic heterocycles. The number of nitrogens with zero attached hydrogens (tertiary/aromatic N) is 3. The fourth-order valence-corrected chi connectivity index (χ4v) is 1.42. The first-order valence-corrected chi connectivity index (χ1v) is 4.76. The summed E-state index contributed by atoms with van der Waals surface area (Å²) in [6.07, 6.45) is 5.12. The van der Waals surface area contributed by atoms with Crippen molar-refractivity contribution < 1.29 is 0 Å². The average molecular weight is 203 g/mol. The van der Waals surface area contributed by atoms with Crippen LogP contribution in [0, 0.1) is 13.8 Å². The number of aryl methyl sites for hydroxylation is 2. The Kier molecular flexibility index (Phi) is 2.62. The van der Waals surface area contributed by atoms with Crippen molar-refractivity contribution in [3.63, 3.8) is 0 Å². The highest BCUT2D eigenvalue weighted by Gasteiger charge is 2.04. The Balaban J connectivity index is 2.05. The zero-order chi connectivity index (χ0) is 10.7. The van der Waals surface area contributed by atoms with E-state index in [1.54, 1.807) is 12.4 Å². The molecule has 2 aromatic rings. The molecule has 78 valence electrons. The molecule has 2 aromatic heterocycles. The predicted molar refractivity (Wildman–Crippen MR) is 57.4 cm³/mol. The maximum Gasteiger partial charge on any atom is 0.115 e. The van der Waals surface area contributed by atoms with Crippen molar-refractivity contribution in [1.82, 2.24) is 20.2 Å². The minimum absolute atomic E-state index is 0.710. The molecule has 0 spiro atoms. The van der Waals surface area contributed by atoms with Crippen LogP contribution in [0.15, 0.2) is 18.7 Å². The van der Waals surface area contributed by atoms with E-state index in [1.807, 2.05) is 13.8 Å². The van der Waals surface area contributed by atoms with Crippen LogP contribution in [-0.2, 0) is 6.54 Å². The quantitative estimate of drug-likeness (QED) is 0.791. The molecule has 0 aliphatic rings. The van der Waals surface area contributed by atoms with Crippen molar-refractivity contribution in [1.29, 1.82) is 0 Å². The largest absolute Gasteiger partial charge is 0.378 e. The van der Waals surface area contributed by atoms with Crippen LogP contribution in [0.2, 0.25) is 0 Å². The van der Waals surface area contributed by atoms with E-state index in [9.17, 15) is 0 Å². The molecule has 2 rings (SSSR count). The summed E-state index contributed by atoms with van der Waals surface area (Å²) in [5, 5.41) is 10.3. The molecule has 0 amide bonds. The van der Waals surface area contributed by atoms with E-state index >= 15 is 0 Å². The summed E-state index contributed by atoms with van der Waals surface area (Å²) in [7, 11) is 0. The molecule has 5 heteroatoms. The molecule has 0 aromatic carbocycles. The van der Waals surface area contributed by atoms with Gasteiger partial charge in [0.2, 0.25) is 0 Å². The van der Waals surface area contributed by atoms with Gasteiger partial charge in [0.25, 0.3) is 0 Å². The Morgan fingerprint density at radius 2 is 2.00 bits per heavy atom. The minimum Gasteiger partial charge on any atom is -0.378 e. The van der Waals surface area contributed by atoms with Crippen LogP contribution in [0.5, 0.6) is 0 Å². The lowest BCUT2D eigenvalue weighted by Gasteiger charge is -2.05.